The van der Waals surface area contributed by atoms with Crippen LogP contribution in [0, 0.1) is 6.92 Å². The molecule has 0 aromatic carbocycles. The Morgan fingerprint density at radius 3 is 3.00 bits per heavy atom. The monoisotopic (exact) mass is 282 g/mol. The first-order valence-electron chi connectivity index (χ1n) is 6.69. The topological polar surface area (TPSA) is 24.4 Å². The molecule has 0 fully saturated rings. The van der Waals surface area contributed by atoms with Crippen molar-refractivity contribution in [2.24, 2.45) is 4.99 Å². The van der Waals surface area contributed by atoms with Crippen molar-refractivity contribution < 1.29 is 0 Å². The highest BCUT2D eigenvalue weighted by molar-refractivity contribution is 8.13. The fraction of sp³-hybridized carbons (Fsp3) is 0.643. The van der Waals surface area contributed by atoms with Crippen LogP contribution in [0.4, 0.5) is 0 Å². The van der Waals surface area contributed by atoms with Gasteiger partial charge in [-0.25, -0.2) is 0 Å². The number of rotatable bonds is 4. The van der Waals surface area contributed by atoms with E-state index in [-0.39, 0.29) is 0 Å². The number of nitrogens with one attached hydrogen (secondary N) is 1. The van der Waals surface area contributed by atoms with Gasteiger partial charge in [0.2, 0.25) is 0 Å². The highest BCUT2D eigenvalue weighted by Crippen LogP contribution is 2.20. The van der Waals surface area contributed by atoms with Crippen molar-refractivity contribution in [3.8, 4) is 0 Å². The van der Waals surface area contributed by atoms with Crippen LogP contribution in [-0.4, -0.2) is 23.0 Å². The van der Waals surface area contributed by atoms with Crippen LogP contribution in [0.1, 0.15) is 36.4 Å². The third-order valence-corrected chi connectivity index (χ3v) is 5.09. The van der Waals surface area contributed by atoms with Gasteiger partial charge in [0.15, 0.2) is 5.17 Å². The van der Waals surface area contributed by atoms with Crippen molar-refractivity contribution >= 4 is 28.3 Å². The molecular formula is C14H22N2S2. The lowest BCUT2D eigenvalue weighted by Crippen LogP contribution is -2.34. The Bertz CT molecular complexity index is 412. The molecule has 0 saturated carbocycles. The largest absolute Gasteiger partial charge is 0.362 e. The van der Waals surface area contributed by atoms with E-state index in [2.05, 4.69) is 38.2 Å². The van der Waals surface area contributed by atoms with Gasteiger partial charge in [0.1, 0.15) is 0 Å². The van der Waals surface area contributed by atoms with Gasteiger partial charge in [0.05, 0.1) is 6.04 Å². The molecule has 2 nitrogen and oxygen atoms in total. The minimum absolute atomic E-state index is 0.463. The zero-order chi connectivity index (χ0) is 13.0. The first kappa shape index (κ1) is 13.9. The average molecular weight is 282 g/mol. The maximum atomic E-state index is 4.76. The minimum atomic E-state index is 0.463. The van der Waals surface area contributed by atoms with Crippen molar-refractivity contribution in [3.05, 3.63) is 21.9 Å². The summed E-state index contributed by atoms with van der Waals surface area (Å²) in [4.78, 5) is 7.61. The average Bonchev–Trinajstić information content (AvgIpc) is 2.74. The lowest BCUT2D eigenvalue weighted by Gasteiger charge is -2.22. The first-order chi connectivity index (χ1) is 8.67. The maximum Gasteiger partial charge on any atom is 0.157 e. The Balaban J connectivity index is 1.87. The lowest BCUT2D eigenvalue weighted by molar-refractivity contribution is 0.615. The van der Waals surface area contributed by atoms with Gasteiger partial charge >= 0.3 is 0 Å². The van der Waals surface area contributed by atoms with E-state index in [1.54, 1.807) is 0 Å². The summed E-state index contributed by atoms with van der Waals surface area (Å²) in [7, 11) is 0. The molecule has 1 aliphatic rings. The van der Waals surface area contributed by atoms with Crippen LogP contribution in [0.3, 0.4) is 0 Å². The molecule has 1 aliphatic heterocycles. The number of thiophene rings is 1. The third kappa shape index (κ3) is 4.02. The van der Waals surface area contributed by atoms with Crippen LogP contribution in [0.25, 0.3) is 0 Å². The second-order valence-electron chi connectivity index (χ2n) is 4.90. The van der Waals surface area contributed by atoms with Gasteiger partial charge in [-0.05, 0) is 38.8 Å². The molecule has 1 N–H and O–H groups in total. The summed E-state index contributed by atoms with van der Waals surface area (Å²) in [5.74, 6) is 1.20. The minimum Gasteiger partial charge on any atom is -0.362 e. The van der Waals surface area contributed by atoms with Gasteiger partial charge in [-0.3, -0.25) is 4.99 Å². The van der Waals surface area contributed by atoms with E-state index in [4.69, 9.17) is 4.99 Å². The molecule has 0 spiro atoms. The first-order valence-corrected chi connectivity index (χ1v) is 8.50. The van der Waals surface area contributed by atoms with Crippen LogP contribution >= 0.6 is 23.1 Å². The number of aryl methyl sites for hydroxylation is 1. The predicted molar refractivity (Wildman–Crippen MR) is 83.9 cm³/mol. The van der Waals surface area contributed by atoms with Gasteiger partial charge in [0.25, 0.3) is 0 Å². The van der Waals surface area contributed by atoms with E-state index in [0.29, 0.717) is 12.1 Å². The molecule has 4 heteroatoms. The Labute approximate surface area is 118 Å². The van der Waals surface area contributed by atoms with E-state index in [1.807, 2.05) is 23.1 Å². The van der Waals surface area contributed by atoms with Crippen molar-refractivity contribution in [1.29, 1.82) is 0 Å². The molecule has 0 amide bonds. The molecule has 2 heterocycles. The molecule has 2 rings (SSSR count). The zero-order valence-electron chi connectivity index (χ0n) is 11.4. The van der Waals surface area contributed by atoms with E-state index in [9.17, 15) is 0 Å². The van der Waals surface area contributed by atoms with Gasteiger partial charge in [-0.1, -0.05) is 18.7 Å². The third-order valence-electron chi connectivity index (χ3n) is 3.13. The zero-order valence-corrected chi connectivity index (χ0v) is 13.0. The molecule has 0 bridgehead atoms. The number of thioether (sulfide) groups is 1. The number of aliphatic imine (C=N–C) groups is 1. The fourth-order valence-electron chi connectivity index (χ4n) is 2.09. The highest BCUT2D eigenvalue weighted by atomic mass is 32.2. The van der Waals surface area contributed by atoms with Crippen LogP contribution in [0.5, 0.6) is 0 Å². The molecule has 18 heavy (non-hydrogen) atoms. The van der Waals surface area contributed by atoms with Crippen molar-refractivity contribution in [2.45, 2.75) is 52.1 Å². The summed E-state index contributed by atoms with van der Waals surface area (Å²) in [6, 6.07) is 5.44. The number of hydrogen-bond donors (Lipinski definition) is 1. The normalized spacial score (nSPS) is 21.5. The fourth-order valence-corrected chi connectivity index (χ4v) is 4.20. The molecule has 2 unspecified atom stereocenters. The van der Waals surface area contributed by atoms with Crippen LogP contribution in [0.2, 0.25) is 0 Å². The molecular weight excluding hydrogens is 260 g/mol. The van der Waals surface area contributed by atoms with Crippen molar-refractivity contribution in [2.75, 3.05) is 5.75 Å². The molecule has 0 radical (unpaired) electrons. The summed E-state index contributed by atoms with van der Waals surface area (Å²) in [6.45, 7) is 6.63. The number of hydrogen-bond acceptors (Lipinski definition) is 4. The standard InChI is InChI=1S/C14H22N2S2/c1-4-12-7-8-17-14(16-12)15-10(2)9-13-6-5-11(3)18-13/h5-6,10,12H,4,7-9H2,1-3H3,(H,15,16). The molecule has 0 aliphatic carbocycles. The Morgan fingerprint density at radius 2 is 2.33 bits per heavy atom. The van der Waals surface area contributed by atoms with Gasteiger partial charge in [-0.15, -0.1) is 11.3 Å². The molecule has 0 saturated heterocycles. The van der Waals surface area contributed by atoms with Gasteiger partial charge in [0, 0.05) is 28.0 Å². The summed E-state index contributed by atoms with van der Waals surface area (Å²) in [5.41, 5.74) is 0. The van der Waals surface area contributed by atoms with Crippen LogP contribution in [0.15, 0.2) is 17.1 Å². The highest BCUT2D eigenvalue weighted by Gasteiger charge is 2.15. The van der Waals surface area contributed by atoms with Crippen molar-refractivity contribution in [1.82, 2.24) is 5.32 Å². The molecule has 1 aromatic rings. The Kier molecular flexibility index (Phi) is 5.13. The smallest absolute Gasteiger partial charge is 0.157 e. The van der Waals surface area contributed by atoms with E-state index in [0.717, 1.165) is 18.0 Å². The number of nitrogens with zero attached hydrogens (tertiary/aromatic N) is 1. The lowest BCUT2D eigenvalue weighted by atomic mass is 10.2. The summed E-state index contributed by atoms with van der Waals surface area (Å²) >= 11 is 3.77. The quantitative estimate of drug-likeness (QED) is 0.907. The number of amidine groups is 1. The molecule has 100 valence electrons. The second kappa shape index (κ2) is 6.62. The van der Waals surface area contributed by atoms with Gasteiger partial charge < -0.3 is 5.32 Å². The van der Waals surface area contributed by atoms with E-state index < -0.39 is 0 Å². The maximum absolute atomic E-state index is 4.76. The summed E-state index contributed by atoms with van der Waals surface area (Å²) in [6.07, 6.45) is 3.48. The van der Waals surface area contributed by atoms with Crippen LogP contribution in [-0.2, 0) is 6.42 Å². The van der Waals surface area contributed by atoms with Gasteiger partial charge in [-0.2, -0.15) is 0 Å². The Hall–Kier alpha value is -0.480. The van der Waals surface area contributed by atoms with E-state index in [1.165, 1.54) is 21.9 Å². The second-order valence-corrected chi connectivity index (χ2v) is 7.35. The SMILES string of the molecule is CCC1CCSC(NC(C)Cc2ccc(C)s2)=N1. The summed E-state index contributed by atoms with van der Waals surface area (Å²) in [5, 5.41) is 4.71. The molecule has 2 atom stereocenters. The Morgan fingerprint density at radius 1 is 1.50 bits per heavy atom. The van der Waals surface area contributed by atoms with Crippen LogP contribution < -0.4 is 5.32 Å². The predicted octanol–water partition coefficient (Wildman–Crippen LogP) is 3.85. The summed E-state index contributed by atoms with van der Waals surface area (Å²) < 4.78 is 0. The van der Waals surface area contributed by atoms with Crippen molar-refractivity contribution in [3.63, 3.8) is 0 Å². The van der Waals surface area contributed by atoms with E-state index >= 15 is 0 Å². The molecule has 1 aromatic heterocycles.